The number of para-hydroxylation sites is 2. The van der Waals surface area contributed by atoms with E-state index < -0.39 is 0 Å². The maximum atomic E-state index is 6.05. The zero-order chi connectivity index (χ0) is 17.6. The van der Waals surface area contributed by atoms with Gasteiger partial charge in [-0.3, -0.25) is 0 Å². The van der Waals surface area contributed by atoms with Crippen molar-refractivity contribution >= 4 is 11.0 Å². The van der Waals surface area contributed by atoms with E-state index in [9.17, 15) is 0 Å². The summed E-state index contributed by atoms with van der Waals surface area (Å²) < 4.78 is 8.32. The van der Waals surface area contributed by atoms with Crippen LogP contribution in [0.4, 0.5) is 0 Å². The van der Waals surface area contributed by atoms with Crippen molar-refractivity contribution in [3.8, 4) is 5.75 Å². The van der Waals surface area contributed by atoms with Crippen LogP contribution in [0.2, 0.25) is 0 Å². The Morgan fingerprint density at radius 2 is 2.00 bits per heavy atom. The zero-order valence-corrected chi connectivity index (χ0v) is 15.0. The third-order valence-electron chi connectivity index (χ3n) is 4.56. The van der Waals surface area contributed by atoms with Gasteiger partial charge in [-0.2, -0.15) is 0 Å². The van der Waals surface area contributed by atoms with Gasteiger partial charge in [0, 0.05) is 0 Å². The third kappa shape index (κ3) is 3.91. The molecule has 3 aromatic rings. The normalized spacial score (nSPS) is 11.0. The molecular formula is C21H26N3O+. The van der Waals surface area contributed by atoms with Gasteiger partial charge in [0.05, 0.1) is 36.7 Å². The Morgan fingerprint density at radius 1 is 1.16 bits per heavy atom. The molecule has 0 saturated heterocycles. The van der Waals surface area contributed by atoms with Crippen molar-refractivity contribution in [3.63, 3.8) is 0 Å². The smallest absolute Gasteiger partial charge is 0.122 e. The summed E-state index contributed by atoms with van der Waals surface area (Å²) in [4.78, 5) is 4.79. The molecular weight excluding hydrogens is 310 g/mol. The molecule has 2 N–H and O–H groups in total. The maximum absolute atomic E-state index is 6.05. The number of hydrogen-bond donors (Lipinski definition) is 1. The molecule has 0 saturated carbocycles. The van der Waals surface area contributed by atoms with Crippen LogP contribution in [-0.4, -0.2) is 22.7 Å². The quantitative estimate of drug-likeness (QED) is 0.643. The average Bonchev–Trinajstić information content (AvgIpc) is 2.97. The molecule has 0 aliphatic heterocycles. The van der Waals surface area contributed by atoms with Crippen molar-refractivity contribution in [2.24, 2.45) is 0 Å². The molecule has 4 heteroatoms. The number of benzene rings is 2. The Balaban J connectivity index is 1.76. The summed E-state index contributed by atoms with van der Waals surface area (Å²) in [6.45, 7) is 10.3. The monoisotopic (exact) mass is 336 g/mol. The highest BCUT2D eigenvalue weighted by atomic mass is 16.5. The van der Waals surface area contributed by atoms with Gasteiger partial charge in [0.25, 0.3) is 0 Å². The first-order valence-electron chi connectivity index (χ1n) is 8.78. The summed E-state index contributed by atoms with van der Waals surface area (Å²) in [5, 5.41) is 2.08. The Labute approximate surface area is 149 Å². The minimum Gasteiger partial charge on any atom is -0.491 e. The number of fused-ring (bicyclic) bond motifs is 1. The number of aromatic nitrogens is 2. The van der Waals surface area contributed by atoms with Gasteiger partial charge in [-0.1, -0.05) is 24.3 Å². The van der Waals surface area contributed by atoms with Crippen molar-refractivity contribution in [1.82, 2.24) is 9.55 Å². The standard InChI is InChI=1S/C21H25N3O/c1-4-22-13-12-21-23-18-9-5-6-10-19(18)24(21)14-15-25-20-11-7-8-16(2)17(20)3/h4-11,22H,1,12-15H2,2-3H3/p+1. The molecule has 0 fully saturated rings. The summed E-state index contributed by atoms with van der Waals surface area (Å²) in [5.41, 5.74) is 4.67. The van der Waals surface area contributed by atoms with E-state index in [1.54, 1.807) is 0 Å². The van der Waals surface area contributed by atoms with Gasteiger partial charge in [0.15, 0.2) is 0 Å². The topological polar surface area (TPSA) is 43.7 Å². The number of quaternary nitrogens is 1. The molecule has 0 aliphatic rings. The second-order valence-electron chi connectivity index (χ2n) is 6.22. The Bertz CT molecular complexity index is 867. The molecule has 0 unspecified atom stereocenters. The van der Waals surface area contributed by atoms with E-state index >= 15 is 0 Å². The first-order valence-corrected chi connectivity index (χ1v) is 8.78. The maximum Gasteiger partial charge on any atom is 0.122 e. The number of aryl methyl sites for hydroxylation is 1. The van der Waals surface area contributed by atoms with Crippen LogP contribution in [0.5, 0.6) is 5.75 Å². The number of hydrogen-bond acceptors (Lipinski definition) is 2. The van der Waals surface area contributed by atoms with Crippen LogP contribution in [0, 0.1) is 13.8 Å². The minimum atomic E-state index is 0.628. The van der Waals surface area contributed by atoms with E-state index in [1.165, 1.54) is 16.6 Å². The molecule has 0 aliphatic carbocycles. The highest BCUT2D eigenvalue weighted by molar-refractivity contribution is 5.75. The lowest BCUT2D eigenvalue weighted by Gasteiger charge is -2.13. The number of nitrogens with zero attached hydrogens (tertiary/aromatic N) is 2. The van der Waals surface area contributed by atoms with E-state index in [0.29, 0.717) is 6.61 Å². The van der Waals surface area contributed by atoms with Crippen LogP contribution in [0.25, 0.3) is 11.0 Å². The summed E-state index contributed by atoms with van der Waals surface area (Å²) >= 11 is 0. The van der Waals surface area contributed by atoms with E-state index in [0.717, 1.165) is 36.6 Å². The fraction of sp³-hybridized carbons (Fsp3) is 0.286. The van der Waals surface area contributed by atoms with Crippen LogP contribution in [-0.2, 0) is 13.0 Å². The molecule has 25 heavy (non-hydrogen) atoms. The van der Waals surface area contributed by atoms with Gasteiger partial charge >= 0.3 is 0 Å². The van der Waals surface area contributed by atoms with Gasteiger partial charge < -0.3 is 14.6 Å². The number of imidazole rings is 1. The van der Waals surface area contributed by atoms with E-state index in [2.05, 4.69) is 54.6 Å². The molecule has 130 valence electrons. The minimum absolute atomic E-state index is 0.628. The van der Waals surface area contributed by atoms with Crippen molar-refractivity contribution in [3.05, 3.63) is 72.2 Å². The predicted molar refractivity (Wildman–Crippen MR) is 102 cm³/mol. The van der Waals surface area contributed by atoms with Gasteiger partial charge in [-0.25, -0.2) is 4.98 Å². The van der Waals surface area contributed by atoms with E-state index in [4.69, 9.17) is 9.72 Å². The summed E-state index contributed by atoms with van der Waals surface area (Å²) in [7, 11) is 0. The Morgan fingerprint density at radius 3 is 2.84 bits per heavy atom. The molecule has 2 aromatic carbocycles. The van der Waals surface area contributed by atoms with Crippen molar-refractivity contribution < 1.29 is 10.1 Å². The molecule has 0 atom stereocenters. The lowest BCUT2D eigenvalue weighted by Crippen LogP contribution is -2.78. The van der Waals surface area contributed by atoms with Crippen LogP contribution in [0.3, 0.4) is 0 Å². The zero-order valence-electron chi connectivity index (χ0n) is 15.0. The highest BCUT2D eigenvalue weighted by Crippen LogP contribution is 2.21. The second-order valence-corrected chi connectivity index (χ2v) is 6.22. The molecule has 0 spiro atoms. The largest absolute Gasteiger partial charge is 0.491 e. The predicted octanol–water partition coefficient (Wildman–Crippen LogP) is 2.98. The van der Waals surface area contributed by atoms with Crippen molar-refractivity contribution in [2.75, 3.05) is 13.2 Å². The SMILES string of the molecule is C=C[NH2+]CCc1nc2ccccc2n1CCOc1cccc(C)c1C. The number of nitrogens with two attached hydrogens (primary N) is 1. The highest BCUT2D eigenvalue weighted by Gasteiger charge is 2.11. The lowest BCUT2D eigenvalue weighted by atomic mass is 10.1. The van der Waals surface area contributed by atoms with Gasteiger partial charge in [0.2, 0.25) is 0 Å². The summed E-state index contributed by atoms with van der Waals surface area (Å²) in [5.74, 6) is 2.06. The summed E-state index contributed by atoms with van der Waals surface area (Å²) in [6, 6.07) is 14.5. The first-order chi connectivity index (χ1) is 12.2. The first kappa shape index (κ1) is 17.2. The number of rotatable bonds is 8. The van der Waals surface area contributed by atoms with Crippen LogP contribution in [0.1, 0.15) is 17.0 Å². The fourth-order valence-corrected chi connectivity index (χ4v) is 3.02. The van der Waals surface area contributed by atoms with Gasteiger partial charge in [-0.15, -0.1) is 0 Å². The second kappa shape index (κ2) is 7.99. The lowest BCUT2D eigenvalue weighted by molar-refractivity contribution is -0.586. The van der Waals surface area contributed by atoms with Crippen LogP contribution >= 0.6 is 0 Å². The molecule has 1 heterocycles. The molecule has 1 aromatic heterocycles. The van der Waals surface area contributed by atoms with Crippen LogP contribution in [0.15, 0.2) is 55.2 Å². The Kier molecular flexibility index (Phi) is 5.51. The number of ether oxygens (including phenoxy) is 1. The fourth-order valence-electron chi connectivity index (χ4n) is 3.02. The van der Waals surface area contributed by atoms with Gasteiger partial charge in [0.1, 0.15) is 18.2 Å². The summed E-state index contributed by atoms with van der Waals surface area (Å²) in [6.07, 6.45) is 2.75. The molecule has 4 nitrogen and oxygen atoms in total. The van der Waals surface area contributed by atoms with Gasteiger partial charge in [-0.05, 0) is 49.8 Å². The molecule has 0 amide bonds. The average molecular weight is 336 g/mol. The molecule has 0 bridgehead atoms. The Hall–Kier alpha value is -2.59. The molecule has 3 rings (SSSR count). The molecule has 0 radical (unpaired) electrons. The van der Waals surface area contributed by atoms with E-state index in [-0.39, 0.29) is 0 Å². The van der Waals surface area contributed by atoms with Crippen LogP contribution < -0.4 is 10.1 Å². The third-order valence-corrected chi connectivity index (χ3v) is 4.56. The van der Waals surface area contributed by atoms with E-state index in [1.807, 2.05) is 24.4 Å². The van der Waals surface area contributed by atoms with Crippen molar-refractivity contribution in [2.45, 2.75) is 26.8 Å². The van der Waals surface area contributed by atoms with Crippen molar-refractivity contribution in [1.29, 1.82) is 0 Å².